The Morgan fingerprint density at radius 3 is 2.41 bits per heavy atom. The van der Waals surface area contributed by atoms with Crippen molar-refractivity contribution in [1.29, 1.82) is 0 Å². The number of furan rings is 1. The van der Waals surface area contributed by atoms with Gasteiger partial charge < -0.3 is 4.42 Å². The number of aromatic nitrogens is 1. The van der Waals surface area contributed by atoms with Gasteiger partial charge in [-0.2, -0.15) is 0 Å². The van der Waals surface area contributed by atoms with Crippen LogP contribution in [0.15, 0.2) is 89.5 Å². The maximum absolute atomic E-state index is 13.5. The second kappa shape index (κ2) is 9.90. The van der Waals surface area contributed by atoms with Crippen LogP contribution in [0.1, 0.15) is 59.0 Å². The monoisotopic (exact) mass is 537 g/mol. The van der Waals surface area contributed by atoms with Crippen LogP contribution in [-0.4, -0.2) is 16.6 Å². The fourth-order valence-electron chi connectivity index (χ4n) is 5.20. The van der Waals surface area contributed by atoms with Gasteiger partial charge in [0.2, 0.25) is 0 Å². The lowest BCUT2D eigenvalue weighted by Gasteiger charge is -2.14. The maximum atomic E-state index is 13.5. The van der Waals surface area contributed by atoms with Crippen LogP contribution in [0.25, 0.3) is 33.4 Å². The first-order chi connectivity index (χ1) is 18.9. The van der Waals surface area contributed by atoms with Crippen molar-refractivity contribution in [2.75, 3.05) is 0 Å². The van der Waals surface area contributed by atoms with Crippen LogP contribution in [0.3, 0.4) is 0 Å². The second-order valence-electron chi connectivity index (χ2n) is 10.1. The molecule has 1 fully saturated rings. The molecule has 0 spiro atoms. The molecule has 3 aromatic carbocycles. The van der Waals surface area contributed by atoms with Gasteiger partial charge in [0.05, 0.1) is 5.56 Å². The maximum Gasteiger partial charge on any atom is 0.167 e. The Bertz CT molecular complexity index is 1720. The predicted molar refractivity (Wildman–Crippen MR) is 151 cm³/mol. The van der Waals surface area contributed by atoms with Crippen LogP contribution in [0.4, 0.5) is 4.39 Å². The molecule has 2 aromatic heterocycles. The Hall–Kier alpha value is -4.09. The molecule has 1 aliphatic carbocycles. The van der Waals surface area contributed by atoms with E-state index in [0.717, 1.165) is 24.1 Å². The molecule has 6 rings (SSSR count). The van der Waals surface area contributed by atoms with Crippen LogP contribution < -0.4 is 0 Å². The third-order valence-corrected chi connectivity index (χ3v) is 7.88. The number of benzene rings is 3. The molecule has 2 heterocycles. The molecule has 0 aliphatic heterocycles. The van der Waals surface area contributed by atoms with Crippen molar-refractivity contribution in [3.05, 3.63) is 113 Å². The molecule has 1 aliphatic rings. The lowest BCUT2D eigenvalue weighted by Crippen LogP contribution is -2.15. The van der Waals surface area contributed by atoms with Crippen molar-refractivity contribution in [2.24, 2.45) is 0 Å². The zero-order valence-corrected chi connectivity index (χ0v) is 22.1. The second-order valence-corrected chi connectivity index (χ2v) is 10.5. The van der Waals surface area contributed by atoms with E-state index in [1.54, 1.807) is 43.5 Å². The Morgan fingerprint density at radius 2 is 1.72 bits per heavy atom. The molecular weight excluding hydrogens is 513 g/mol. The molecule has 0 atom stereocenters. The van der Waals surface area contributed by atoms with Crippen molar-refractivity contribution in [3.63, 3.8) is 0 Å². The Morgan fingerprint density at radius 1 is 0.949 bits per heavy atom. The lowest BCUT2D eigenvalue weighted by molar-refractivity contribution is 0.0966. The number of rotatable bonds is 8. The van der Waals surface area contributed by atoms with Crippen molar-refractivity contribution in [3.8, 4) is 22.5 Å². The number of ketones is 2. The average Bonchev–Trinajstić information content (AvgIpc) is 3.65. The number of Topliss-reactive ketones (excluding diaryl/α,β-unsaturated/α-hetero) is 2. The molecule has 0 N–H and O–H groups in total. The van der Waals surface area contributed by atoms with E-state index in [9.17, 15) is 14.0 Å². The van der Waals surface area contributed by atoms with E-state index in [1.807, 2.05) is 36.4 Å². The van der Waals surface area contributed by atoms with Gasteiger partial charge in [-0.15, -0.1) is 0 Å². The number of hydrogen-bond donors (Lipinski definition) is 0. The number of carbonyl (C=O) groups is 2. The summed E-state index contributed by atoms with van der Waals surface area (Å²) in [6.45, 7) is 1.79. The molecule has 0 unspecified atom stereocenters. The minimum Gasteiger partial charge on any atom is -0.455 e. The fourth-order valence-corrected chi connectivity index (χ4v) is 5.43. The summed E-state index contributed by atoms with van der Waals surface area (Å²) in [7, 11) is 0. The van der Waals surface area contributed by atoms with Crippen LogP contribution in [-0.2, 0) is 5.41 Å². The van der Waals surface area contributed by atoms with E-state index in [4.69, 9.17) is 16.0 Å². The van der Waals surface area contributed by atoms with Gasteiger partial charge in [-0.3, -0.25) is 14.6 Å². The van der Waals surface area contributed by atoms with Gasteiger partial charge in [-0.05, 0) is 85.1 Å². The number of pyridine rings is 1. The quantitative estimate of drug-likeness (QED) is 0.185. The van der Waals surface area contributed by atoms with Crippen molar-refractivity contribution in [1.82, 2.24) is 4.98 Å². The van der Waals surface area contributed by atoms with Gasteiger partial charge >= 0.3 is 0 Å². The van der Waals surface area contributed by atoms with Gasteiger partial charge in [-0.25, -0.2) is 4.39 Å². The summed E-state index contributed by atoms with van der Waals surface area (Å²) >= 11 is 6.63. The first kappa shape index (κ1) is 25.2. The minimum atomic E-state index is -0.364. The van der Waals surface area contributed by atoms with Gasteiger partial charge in [0.25, 0.3) is 0 Å². The summed E-state index contributed by atoms with van der Waals surface area (Å²) < 4.78 is 19.6. The van der Waals surface area contributed by atoms with E-state index < -0.39 is 0 Å². The van der Waals surface area contributed by atoms with Crippen LogP contribution in [0.5, 0.6) is 0 Å². The molecule has 39 heavy (non-hydrogen) atoms. The molecule has 1 saturated carbocycles. The van der Waals surface area contributed by atoms with E-state index in [0.29, 0.717) is 50.4 Å². The highest BCUT2D eigenvalue weighted by molar-refractivity contribution is 6.33. The largest absolute Gasteiger partial charge is 0.455 e. The zero-order chi connectivity index (χ0) is 27.1. The third-order valence-electron chi connectivity index (χ3n) is 7.55. The van der Waals surface area contributed by atoms with Gasteiger partial charge in [-0.1, -0.05) is 30.7 Å². The third kappa shape index (κ3) is 4.68. The average molecular weight is 538 g/mol. The van der Waals surface area contributed by atoms with Crippen LogP contribution in [0, 0.1) is 5.82 Å². The molecule has 4 nitrogen and oxygen atoms in total. The number of hydrogen-bond acceptors (Lipinski definition) is 4. The number of carbonyl (C=O) groups excluding carboxylic acids is 2. The molecule has 0 bridgehead atoms. The molecule has 5 aromatic rings. The molecule has 0 radical (unpaired) electrons. The van der Waals surface area contributed by atoms with E-state index in [1.165, 1.54) is 12.1 Å². The molecule has 0 saturated heterocycles. The summed E-state index contributed by atoms with van der Waals surface area (Å²) in [4.78, 5) is 30.9. The van der Waals surface area contributed by atoms with E-state index in [-0.39, 0.29) is 29.2 Å². The van der Waals surface area contributed by atoms with E-state index >= 15 is 0 Å². The van der Waals surface area contributed by atoms with Gasteiger partial charge in [0.15, 0.2) is 11.6 Å². The predicted octanol–water partition coefficient (Wildman–Crippen LogP) is 8.85. The lowest BCUT2D eigenvalue weighted by atomic mass is 9.90. The summed E-state index contributed by atoms with van der Waals surface area (Å²) in [5, 5.41) is 1.15. The molecule has 194 valence electrons. The minimum absolute atomic E-state index is 0.0425. The highest BCUT2D eigenvalue weighted by Gasteiger charge is 2.47. The summed E-state index contributed by atoms with van der Waals surface area (Å²) in [6.07, 6.45) is 4.33. The standard InChI is InChI=1S/C33H25ClFNO3/c1-2-27(37)31-25-17-21(9-13-29(25)39-32(31)20-6-10-23(35)11-7-20)24-18-22(8-12-26(24)34)28(38)19-33(14-15-33)30-5-3-4-16-36-30/h3-13,16-18H,2,14-15,19H2,1H3. The summed E-state index contributed by atoms with van der Waals surface area (Å²) in [5.41, 5.74) is 4.44. The molecular formula is C33H25ClFNO3. The number of halogens is 2. The SMILES string of the molecule is CCC(=O)c1c(-c2ccc(F)cc2)oc2ccc(-c3cc(C(=O)CC4(c5ccccn5)CC4)ccc3Cl)cc12. The Labute approximate surface area is 230 Å². The van der Waals surface area contributed by atoms with E-state index in [2.05, 4.69) is 4.98 Å². The van der Waals surface area contributed by atoms with Gasteiger partial charge in [0.1, 0.15) is 17.2 Å². The first-order valence-corrected chi connectivity index (χ1v) is 13.4. The molecule has 0 amide bonds. The van der Waals surface area contributed by atoms with Gasteiger partial charge in [0, 0.05) is 57.2 Å². The zero-order valence-electron chi connectivity index (χ0n) is 21.3. The Balaban J connectivity index is 1.39. The number of fused-ring (bicyclic) bond motifs is 1. The normalized spacial score (nSPS) is 13.9. The summed E-state index contributed by atoms with van der Waals surface area (Å²) in [5.74, 6) is 0.0101. The summed E-state index contributed by atoms with van der Waals surface area (Å²) in [6, 6.07) is 22.6. The van der Waals surface area contributed by atoms with Crippen molar-refractivity contribution < 1.29 is 18.4 Å². The fraction of sp³-hybridized carbons (Fsp3) is 0.182. The van der Waals surface area contributed by atoms with Crippen molar-refractivity contribution >= 4 is 34.1 Å². The Kier molecular flexibility index (Phi) is 6.40. The first-order valence-electron chi connectivity index (χ1n) is 13.0. The molecule has 6 heteroatoms. The smallest absolute Gasteiger partial charge is 0.167 e. The number of nitrogens with zero attached hydrogens (tertiary/aromatic N) is 1. The highest BCUT2D eigenvalue weighted by Crippen LogP contribution is 2.51. The van der Waals surface area contributed by atoms with Crippen molar-refractivity contribution in [2.45, 2.75) is 38.0 Å². The van der Waals surface area contributed by atoms with Crippen LogP contribution >= 0.6 is 11.6 Å². The van der Waals surface area contributed by atoms with Crippen LogP contribution in [0.2, 0.25) is 5.02 Å². The highest BCUT2D eigenvalue weighted by atomic mass is 35.5. The topological polar surface area (TPSA) is 60.2 Å².